The van der Waals surface area contributed by atoms with Crippen LogP contribution < -0.4 is 19.9 Å². The van der Waals surface area contributed by atoms with E-state index in [2.05, 4.69) is 4.99 Å². The van der Waals surface area contributed by atoms with Crippen molar-refractivity contribution in [3.63, 3.8) is 0 Å². The summed E-state index contributed by atoms with van der Waals surface area (Å²) in [7, 11) is 3.09. The Balaban J connectivity index is 1.41. The number of aromatic hydroxyl groups is 1. The van der Waals surface area contributed by atoms with Crippen LogP contribution in [0.2, 0.25) is 0 Å². The van der Waals surface area contributed by atoms with Gasteiger partial charge >= 0.3 is 23.4 Å². The van der Waals surface area contributed by atoms with E-state index in [1.165, 1.54) is 35.9 Å². The van der Waals surface area contributed by atoms with Crippen molar-refractivity contribution in [3.8, 4) is 11.8 Å². The van der Waals surface area contributed by atoms with Crippen LogP contribution in [0, 0.1) is 16.0 Å². The zero-order chi connectivity index (χ0) is 28.3. The van der Waals surface area contributed by atoms with Crippen LogP contribution in [0.5, 0.6) is 11.8 Å². The molecule has 40 heavy (non-hydrogen) atoms. The Labute approximate surface area is 226 Å². The van der Waals surface area contributed by atoms with E-state index in [4.69, 9.17) is 4.74 Å². The monoisotopic (exact) mass is 538 g/mol. The first-order valence-corrected chi connectivity index (χ1v) is 12.3. The lowest BCUT2D eigenvalue weighted by atomic mass is 9.76. The van der Waals surface area contributed by atoms with E-state index >= 15 is 0 Å². The number of carbonyl (C=O) groups is 2. The summed E-state index contributed by atoms with van der Waals surface area (Å²) in [6.45, 7) is 0. The van der Waals surface area contributed by atoms with E-state index in [-0.39, 0.29) is 28.8 Å². The number of ether oxygens (including phenoxy) is 1. The number of carbonyl (C=O) groups excluding carboxylic acids is 2. The van der Waals surface area contributed by atoms with Gasteiger partial charge in [0.15, 0.2) is 11.3 Å². The van der Waals surface area contributed by atoms with E-state index < -0.39 is 28.3 Å². The lowest BCUT2D eigenvalue weighted by Gasteiger charge is -2.24. The van der Waals surface area contributed by atoms with Crippen LogP contribution in [0.15, 0.2) is 77.6 Å². The van der Waals surface area contributed by atoms with Crippen molar-refractivity contribution in [1.29, 1.82) is 0 Å². The van der Waals surface area contributed by atoms with Crippen LogP contribution in [0.3, 0.4) is 0 Å². The maximum Gasteiger partial charge on any atom is 0.519 e. The van der Waals surface area contributed by atoms with Crippen LogP contribution in [0.25, 0.3) is 0 Å². The molecule has 1 aromatic heterocycles. The van der Waals surface area contributed by atoms with Gasteiger partial charge in [-0.2, -0.15) is 0 Å². The Morgan fingerprint density at radius 1 is 1.00 bits per heavy atom. The summed E-state index contributed by atoms with van der Waals surface area (Å²) >= 11 is 0. The van der Waals surface area contributed by atoms with Gasteiger partial charge in [0.05, 0.1) is 10.5 Å². The van der Waals surface area contributed by atoms with Crippen molar-refractivity contribution in [2.24, 2.45) is 20.0 Å². The van der Waals surface area contributed by atoms with Gasteiger partial charge in [-0.25, -0.2) is 14.6 Å². The number of rotatable bonds is 4. The minimum atomic E-state index is -0.698. The highest BCUT2D eigenvalue weighted by atomic mass is 16.6. The highest BCUT2D eigenvalue weighted by Gasteiger charge is 2.52. The zero-order valence-corrected chi connectivity index (χ0v) is 21.3. The highest BCUT2D eigenvalue weighted by molar-refractivity contribution is 6.27. The van der Waals surface area contributed by atoms with E-state index in [0.717, 1.165) is 10.1 Å². The Morgan fingerprint density at radius 3 is 2.30 bits per heavy atom. The van der Waals surface area contributed by atoms with Crippen LogP contribution in [0.1, 0.15) is 43.3 Å². The molecule has 2 heterocycles. The number of nitrogens with one attached hydrogen (secondary N) is 1. The zero-order valence-electron chi connectivity index (χ0n) is 21.3. The first-order valence-electron chi connectivity index (χ1n) is 12.3. The van der Waals surface area contributed by atoms with Gasteiger partial charge in [0, 0.05) is 29.2 Å². The maximum absolute atomic E-state index is 13.7. The van der Waals surface area contributed by atoms with Crippen LogP contribution in [-0.2, 0) is 14.1 Å². The molecule has 0 amide bonds. The molecule has 3 aromatic carbocycles. The SMILES string of the molecule is Cn1c(O)[n+](C)c2c(c1=O)C(c1ccc(OC(=O)c3ccc([N+](=O)[O-])cc3)cc1)C1C(=O)c3ccccc3C1=[NH+]2. The molecule has 0 fully saturated rings. The second kappa shape index (κ2) is 9.09. The number of aromatic nitrogens is 2. The Bertz CT molecular complexity index is 1840. The molecule has 0 spiro atoms. The summed E-state index contributed by atoms with van der Waals surface area (Å²) in [5.41, 5.74) is 2.46. The third-order valence-corrected chi connectivity index (χ3v) is 7.46. The Morgan fingerprint density at radius 2 is 1.65 bits per heavy atom. The number of nitrogens with zero attached hydrogens (tertiary/aromatic N) is 3. The number of fused-ring (bicyclic) bond motifs is 4. The molecule has 2 atom stereocenters. The molecular weight excluding hydrogens is 516 g/mol. The fourth-order valence-corrected chi connectivity index (χ4v) is 5.45. The standard InChI is InChI=1S/C29H20N4O7/c1-31-26-23(27(35)32(2)29(31)37)21(22-24(30-26)19-5-3-4-6-20(19)25(22)34)15-9-13-18(14-10-15)40-28(36)16-7-11-17(12-8-16)33(38)39/h3-14,21-22H,1-2H3/p+2. The lowest BCUT2D eigenvalue weighted by molar-refractivity contribution is -0.724. The fourth-order valence-electron chi connectivity index (χ4n) is 5.45. The van der Waals surface area contributed by atoms with Crippen LogP contribution in [0.4, 0.5) is 11.5 Å². The molecule has 0 radical (unpaired) electrons. The summed E-state index contributed by atoms with van der Waals surface area (Å²) in [6, 6.07) is 18.6. The Hall–Kier alpha value is -5.45. The molecule has 198 valence electrons. The first-order chi connectivity index (χ1) is 19.2. The van der Waals surface area contributed by atoms with Crippen molar-refractivity contribution >= 4 is 29.0 Å². The quantitative estimate of drug-likeness (QED) is 0.131. The number of non-ortho nitro benzene ring substituents is 1. The molecule has 2 aliphatic rings. The minimum absolute atomic E-state index is 0.125. The summed E-state index contributed by atoms with van der Waals surface area (Å²) in [5.74, 6) is -1.60. The summed E-state index contributed by atoms with van der Waals surface area (Å²) < 4.78 is 8.05. The third kappa shape index (κ3) is 3.70. The number of benzene rings is 3. The van der Waals surface area contributed by atoms with E-state index in [1.807, 2.05) is 12.1 Å². The largest absolute Gasteiger partial charge is 0.519 e. The fraction of sp³-hybridized carbons (Fsp3) is 0.138. The van der Waals surface area contributed by atoms with Crippen molar-refractivity contribution in [2.75, 3.05) is 0 Å². The Kier molecular flexibility index (Phi) is 5.65. The van der Waals surface area contributed by atoms with Gasteiger partial charge in [-0.15, -0.1) is 9.13 Å². The topological polar surface area (TPSA) is 147 Å². The maximum atomic E-state index is 13.7. The lowest BCUT2D eigenvalue weighted by Crippen LogP contribution is -2.77. The molecule has 1 aliphatic carbocycles. The van der Waals surface area contributed by atoms with Gasteiger partial charge in [0.1, 0.15) is 31.5 Å². The van der Waals surface area contributed by atoms with E-state index in [9.17, 15) is 29.6 Å². The number of nitro benzene ring substituents is 1. The molecule has 2 unspecified atom stereocenters. The molecule has 0 saturated carbocycles. The first kappa shape index (κ1) is 24.9. The van der Waals surface area contributed by atoms with E-state index in [0.29, 0.717) is 28.2 Å². The van der Waals surface area contributed by atoms with Crippen molar-refractivity contribution < 1.29 is 33.9 Å². The summed E-state index contributed by atoms with van der Waals surface area (Å²) in [4.78, 5) is 53.3. The van der Waals surface area contributed by atoms with Crippen LogP contribution >= 0.6 is 0 Å². The second-order valence-corrected chi connectivity index (χ2v) is 9.65. The third-order valence-electron chi connectivity index (χ3n) is 7.46. The average molecular weight is 539 g/mol. The molecular formula is C29H22N4O7+2. The summed E-state index contributed by atoms with van der Waals surface area (Å²) in [6.07, 6.45) is 0. The van der Waals surface area contributed by atoms with Gasteiger partial charge in [-0.1, -0.05) is 30.3 Å². The molecule has 0 bridgehead atoms. The van der Waals surface area contributed by atoms with Gasteiger partial charge < -0.3 is 9.84 Å². The number of hydrogen-bond donors (Lipinski definition) is 2. The van der Waals surface area contributed by atoms with Gasteiger partial charge in [0.2, 0.25) is 0 Å². The normalized spacial score (nSPS) is 16.9. The van der Waals surface area contributed by atoms with E-state index in [1.54, 1.807) is 43.4 Å². The molecule has 1 aliphatic heterocycles. The van der Waals surface area contributed by atoms with Crippen molar-refractivity contribution in [3.05, 3.63) is 121 Å². The van der Waals surface area contributed by atoms with Crippen molar-refractivity contribution in [1.82, 2.24) is 4.57 Å². The summed E-state index contributed by atoms with van der Waals surface area (Å²) in [5, 5.41) is 21.4. The second-order valence-electron chi connectivity index (χ2n) is 9.65. The molecule has 2 N–H and O–H groups in total. The molecule has 4 aromatic rings. The number of hydrogen-bond acceptors (Lipinski definition) is 7. The number of Topliss-reactive ketones (excluding diaryl/α,β-unsaturated/α-hetero) is 1. The van der Waals surface area contributed by atoms with Gasteiger partial charge in [-0.3, -0.25) is 14.9 Å². The minimum Gasteiger partial charge on any atom is -0.434 e. The van der Waals surface area contributed by atoms with Gasteiger partial charge in [-0.05, 0) is 35.9 Å². The van der Waals surface area contributed by atoms with Crippen LogP contribution in [-0.4, -0.2) is 32.1 Å². The molecule has 11 heteroatoms. The molecule has 11 nitrogen and oxygen atoms in total. The molecule has 6 rings (SSSR count). The average Bonchev–Trinajstić information content (AvgIpc) is 3.26. The number of esters is 1. The van der Waals surface area contributed by atoms with Crippen molar-refractivity contribution in [2.45, 2.75) is 5.92 Å². The predicted molar refractivity (Wildman–Crippen MR) is 140 cm³/mol. The van der Waals surface area contributed by atoms with Gasteiger partial charge in [0.25, 0.3) is 5.69 Å². The number of ketones is 1. The predicted octanol–water partition coefficient (Wildman–Crippen LogP) is 1.20. The number of nitro groups is 1. The molecule has 0 saturated heterocycles. The highest BCUT2D eigenvalue weighted by Crippen LogP contribution is 2.42. The smallest absolute Gasteiger partial charge is 0.434 e.